The number of para-hydroxylation sites is 1. The number of nitrogens with one attached hydrogen (secondary N) is 1. The van der Waals surface area contributed by atoms with Gasteiger partial charge in [0, 0.05) is 0 Å². The number of benzene rings is 1. The van der Waals surface area contributed by atoms with Crippen LogP contribution in [0.4, 0.5) is 4.79 Å². The molecule has 0 spiro atoms. The molecule has 0 bridgehead atoms. The second kappa shape index (κ2) is 9.77. The molecule has 0 atom stereocenters. The van der Waals surface area contributed by atoms with E-state index in [0.717, 1.165) is 22.0 Å². The SMILES string of the molecule is CCOC(=O)NC(=O)COC(=O)CSc1c(C)nn(-c2ccccc2)c1C. The monoisotopic (exact) mass is 391 g/mol. The van der Waals surface area contributed by atoms with E-state index in [1.165, 1.54) is 11.8 Å². The normalized spacial score (nSPS) is 10.3. The second-order valence-electron chi connectivity index (χ2n) is 5.47. The third-order valence-corrected chi connectivity index (χ3v) is 4.70. The number of hydrogen-bond acceptors (Lipinski definition) is 7. The molecule has 2 aromatic rings. The molecule has 0 aliphatic heterocycles. The third-order valence-electron chi connectivity index (χ3n) is 3.44. The Bertz CT molecular complexity index is 820. The van der Waals surface area contributed by atoms with Crippen molar-refractivity contribution in [1.82, 2.24) is 15.1 Å². The average molecular weight is 391 g/mol. The molecule has 0 saturated heterocycles. The summed E-state index contributed by atoms with van der Waals surface area (Å²) in [7, 11) is 0. The van der Waals surface area contributed by atoms with Gasteiger partial charge in [-0.2, -0.15) is 5.10 Å². The predicted molar refractivity (Wildman–Crippen MR) is 99.9 cm³/mol. The summed E-state index contributed by atoms with van der Waals surface area (Å²) in [5.74, 6) is -1.28. The van der Waals surface area contributed by atoms with Gasteiger partial charge in [-0.3, -0.25) is 14.9 Å². The predicted octanol–water partition coefficient (Wildman–Crippen LogP) is 2.40. The number of carbonyl (C=O) groups excluding carboxylic acids is 3. The van der Waals surface area contributed by atoms with Crippen molar-refractivity contribution in [1.29, 1.82) is 0 Å². The van der Waals surface area contributed by atoms with Gasteiger partial charge in [-0.05, 0) is 32.9 Å². The molecular weight excluding hydrogens is 370 g/mol. The highest BCUT2D eigenvalue weighted by Crippen LogP contribution is 2.27. The Morgan fingerprint density at radius 1 is 1.15 bits per heavy atom. The molecule has 0 aliphatic rings. The molecule has 1 aromatic carbocycles. The number of alkyl carbamates (subject to hydrolysis) is 1. The van der Waals surface area contributed by atoms with E-state index in [2.05, 4.69) is 9.84 Å². The number of imide groups is 1. The van der Waals surface area contributed by atoms with Gasteiger partial charge >= 0.3 is 12.1 Å². The highest BCUT2D eigenvalue weighted by atomic mass is 32.2. The molecule has 1 aromatic heterocycles. The zero-order chi connectivity index (χ0) is 19.8. The Labute approximate surface area is 161 Å². The van der Waals surface area contributed by atoms with Crippen molar-refractivity contribution >= 4 is 29.7 Å². The van der Waals surface area contributed by atoms with Gasteiger partial charge in [0.2, 0.25) is 0 Å². The first-order valence-corrected chi connectivity index (χ1v) is 9.27. The summed E-state index contributed by atoms with van der Waals surface area (Å²) in [6, 6.07) is 9.68. The molecule has 2 rings (SSSR count). The van der Waals surface area contributed by atoms with Crippen molar-refractivity contribution in [2.45, 2.75) is 25.7 Å². The molecule has 1 N–H and O–H groups in total. The van der Waals surface area contributed by atoms with Gasteiger partial charge in [-0.15, -0.1) is 11.8 Å². The summed E-state index contributed by atoms with van der Waals surface area (Å²) in [4.78, 5) is 35.3. The number of aryl methyl sites for hydroxylation is 1. The lowest BCUT2D eigenvalue weighted by Crippen LogP contribution is -2.34. The van der Waals surface area contributed by atoms with Crippen LogP contribution in [0.1, 0.15) is 18.3 Å². The Kier molecular flexibility index (Phi) is 7.42. The largest absolute Gasteiger partial charge is 0.455 e. The molecule has 0 unspecified atom stereocenters. The highest BCUT2D eigenvalue weighted by molar-refractivity contribution is 8.00. The van der Waals surface area contributed by atoms with E-state index in [1.54, 1.807) is 6.92 Å². The fourth-order valence-corrected chi connectivity index (χ4v) is 3.18. The summed E-state index contributed by atoms with van der Waals surface area (Å²) >= 11 is 1.29. The standard InChI is InChI=1S/C18H21N3O5S/c1-4-25-18(24)19-15(22)10-26-16(23)11-27-17-12(2)20-21(13(17)3)14-8-6-5-7-9-14/h5-9H,4,10-11H2,1-3H3,(H,19,22,24). The summed E-state index contributed by atoms with van der Waals surface area (Å²) in [5.41, 5.74) is 2.65. The first kappa shape index (κ1) is 20.5. The van der Waals surface area contributed by atoms with Crippen molar-refractivity contribution in [2.75, 3.05) is 19.0 Å². The molecule has 144 valence electrons. The summed E-state index contributed by atoms with van der Waals surface area (Å²) < 4.78 is 11.2. The fourth-order valence-electron chi connectivity index (χ4n) is 2.29. The Morgan fingerprint density at radius 2 is 1.85 bits per heavy atom. The number of esters is 1. The van der Waals surface area contributed by atoms with Crippen molar-refractivity contribution < 1.29 is 23.9 Å². The van der Waals surface area contributed by atoms with Crippen LogP contribution in [-0.2, 0) is 19.1 Å². The molecule has 0 saturated carbocycles. The maximum Gasteiger partial charge on any atom is 0.413 e. The zero-order valence-electron chi connectivity index (χ0n) is 15.4. The van der Waals surface area contributed by atoms with Crippen LogP contribution >= 0.6 is 11.8 Å². The fraction of sp³-hybridized carbons (Fsp3) is 0.333. The number of amides is 2. The van der Waals surface area contributed by atoms with Crippen molar-refractivity contribution in [3.63, 3.8) is 0 Å². The van der Waals surface area contributed by atoms with Crippen LogP contribution in [0, 0.1) is 13.8 Å². The molecule has 9 heteroatoms. The number of ether oxygens (including phenoxy) is 2. The van der Waals surface area contributed by atoms with Crippen LogP contribution < -0.4 is 5.32 Å². The average Bonchev–Trinajstić information content (AvgIpc) is 2.93. The van der Waals surface area contributed by atoms with Gasteiger partial charge in [0.1, 0.15) is 0 Å². The molecule has 27 heavy (non-hydrogen) atoms. The Morgan fingerprint density at radius 3 is 2.52 bits per heavy atom. The minimum Gasteiger partial charge on any atom is -0.455 e. The second-order valence-corrected chi connectivity index (χ2v) is 6.45. The van der Waals surface area contributed by atoms with Gasteiger partial charge in [-0.1, -0.05) is 18.2 Å². The first-order chi connectivity index (χ1) is 12.9. The van der Waals surface area contributed by atoms with Gasteiger partial charge in [0.15, 0.2) is 6.61 Å². The molecule has 2 amide bonds. The zero-order valence-corrected chi connectivity index (χ0v) is 16.2. The van der Waals surface area contributed by atoms with Crippen LogP contribution in [0.2, 0.25) is 0 Å². The smallest absolute Gasteiger partial charge is 0.413 e. The van der Waals surface area contributed by atoms with E-state index in [-0.39, 0.29) is 12.4 Å². The van der Waals surface area contributed by atoms with E-state index in [4.69, 9.17) is 4.74 Å². The maximum absolute atomic E-state index is 11.9. The first-order valence-electron chi connectivity index (χ1n) is 8.29. The highest BCUT2D eigenvalue weighted by Gasteiger charge is 2.16. The summed E-state index contributed by atoms with van der Waals surface area (Å²) in [5, 5.41) is 6.46. The number of rotatable bonds is 7. The number of nitrogens with zero attached hydrogens (tertiary/aromatic N) is 2. The van der Waals surface area contributed by atoms with Crippen molar-refractivity contribution in [3.8, 4) is 5.69 Å². The van der Waals surface area contributed by atoms with E-state index in [1.807, 2.05) is 54.2 Å². The quantitative estimate of drug-likeness (QED) is 0.571. The number of thioether (sulfide) groups is 1. The van der Waals surface area contributed by atoms with Crippen LogP contribution in [-0.4, -0.2) is 46.7 Å². The van der Waals surface area contributed by atoms with Crippen LogP contribution in [0.25, 0.3) is 5.69 Å². The van der Waals surface area contributed by atoms with Gasteiger partial charge in [0.05, 0.1) is 34.3 Å². The van der Waals surface area contributed by atoms with Crippen LogP contribution in [0.15, 0.2) is 35.2 Å². The molecule has 0 aliphatic carbocycles. The Hall–Kier alpha value is -2.81. The lowest BCUT2D eigenvalue weighted by Gasteiger charge is -2.06. The van der Waals surface area contributed by atoms with Crippen LogP contribution in [0.5, 0.6) is 0 Å². The molecule has 0 fully saturated rings. The lowest BCUT2D eigenvalue weighted by atomic mass is 10.3. The molecule has 8 nitrogen and oxygen atoms in total. The molecule has 1 heterocycles. The van der Waals surface area contributed by atoms with Gasteiger partial charge in [0.25, 0.3) is 5.91 Å². The topological polar surface area (TPSA) is 99.5 Å². The van der Waals surface area contributed by atoms with E-state index >= 15 is 0 Å². The van der Waals surface area contributed by atoms with Crippen molar-refractivity contribution in [2.24, 2.45) is 0 Å². The van der Waals surface area contributed by atoms with E-state index in [9.17, 15) is 14.4 Å². The molecule has 0 radical (unpaired) electrons. The summed E-state index contributed by atoms with van der Waals surface area (Å²) in [6.07, 6.45) is -0.868. The Balaban J connectivity index is 1.88. The van der Waals surface area contributed by atoms with Crippen molar-refractivity contribution in [3.05, 3.63) is 41.7 Å². The minimum absolute atomic E-state index is 0.0227. The lowest BCUT2D eigenvalue weighted by molar-refractivity contribution is -0.145. The summed E-state index contributed by atoms with van der Waals surface area (Å²) in [6.45, 7) is 5.01. The minimum atomic E-state index is -0.868. The number of hydrogen-bond donors (Lipinski definition) is 1. The van der Waals surface area contributed by atoms with Crippen LogP contribution in [0.3, 0.4) is 0 Å². The van der Waals surface area contributed by atoms with Gasteiger partial charge < -0.3 is 9.47 Å². The van der Waals surface area contributed by atoms with E-state index in [0.29, 0.717) is 0 Å². The number of aromatic nitrogens is 2. The molecular formula is C18H21N3O5S. The maximum atomic E-state index is 11.9. The number of carbonyl (C=O) groups is 3. The van der Waals surface area contributed by atoms with Gasteiger partial charge in [-0.25, -0.2) is 9.48 Å². The van der Waals surface area contributed by atoms with E-state index < -0.39 is 24.6 Å². The third kappa shape index (κ3) is 5.85.